The van der Waals surface area contributed by atoms with Crippen LogP contribution in [0, 0.1) is 5.92 Å². The van der Waals surface area contributed by atoms with Gasteiger partial charge in [-0.15, -0.1) is 0 Å². The lowest BCUT2D eigenvalue weighted by atomic mass is 10.1. The lowest BCUT2D eigenvalue weighted by Gasteiger charge is -2.18. The summed E-state index contributed by atoms with van der Waals surface area (Å²) in [5, 5.41) is 21.0. The fraction of sp³-hybridized carbons (Fsp3) is 0.700. The van der Waals surface area contributed by atoms with Crippen molar-refractivity contribution in [3.63, 3.8) is 0 Å². The van der Waals surface area contributed by atoms with Gasteiger partial charge in [0.15, 0.2) is 5.71 Å². The summed E-state index contributed by atoms with van der Waals surface area (Å²) in [6.07, 6.45) is -0.0469. The van der Waals surface area contributed by atoms with Crippen molar-refractivity contribution < 1.29 is 24.6 Å². The number of carboxylic acid groups (broad SMARTS) is 1. The van der Waals surface area contributed by atoms with Crippen LogP contribution in [-0.4, -0.2) is 58.5 Å². The second-order valence-corrected chi connectivity index (χ2v) is 4.26. The van der Waals surface area contributed by atoms with Gasteiger partial charge in [0.05, 0.1) is 0 Å². The number of amides is 1. The van der Waals surface area contributed by atoms with Gasteiger partial charge < -0.3 is 20.0 Å². The molecule has 0 aromatic carbocycles. The molecule has 7 heteroatoms. The topological polar surface area (TPSA) is 99.4 Å². The highest BCUT2D eigenvalue weighted by Gasteiger charge is 2.36. The molecule has 2 unspecified atom stereocenters. The Morgan fingerprint density at radius 2 is 2.29 bits per heavy atom. The number of likely N-dealkylation sites (tertiary alicyclic amines) is 1. The van der Waals surface area contributed by atoms with E-state index in [1.165, 1.54) is 0 Å². The summed E-state index contributed by atoms with van der Waals surface area (Å²) in [5.74, 6) is -1.30. The third-order valence-corrected chi connectivity index (χ3v) is 3.05. The molecule has 2 rings (SSSR count). The number of oxime groups is 1. The molecule has 0 saturated carbocycles. The minimum atomic E-state index is -1.16. The predicted molar refractivity (Wildman–Crippen MR) is 56.3 cm³/mol. The second kappa shape index (κ2) is 4.70. The summed E-state index contributed by atoms with van der Waals surface area (Å²) in [6.45, 7) is 1.14. The quantitative estimate of drug-likeness (QED) is 0.665. The van der Waals surface area contributed by atoms with E-state index in [4.69, 9.17) is 15.1 Å². The van der Waals surface area contributed by atoms with Gasteiger partial charge in [0, 0.05) is 32.0 Å². The maximum atomic E-state index is 11.9. The zero-order chi connectivity index (χ0) is 12.4. The molecule has 1 fully saturated rings. The van der Waals surface area contributed by atoms with E-state index in [9.17, 15) is 9.59 Å². The van der Waals surface area contributed by atoms with Crippen LogP contribution in [0.1, 0.15) is 12.8 Å². The number of aliphatic carboxylic acids is 1. The Balaban J connectivity index is 1.89. The molecule has 0 spiro atoms. The first kappa shape index (κ1) is 11.8. The normalized spacial score (nSPS) is 27.8. The van der Waals surface area contributed by atoms with Crippen molar-refractivity contribution in [1.82, 2.24) is 4.90 Å². The van der Waals surface area contributed by atoms with Crippen LogP contribution in [0.4, 0.5) is 0 Å². The SMILES string of the molecule is O=C(O)C1=NOC(C(=O)N2CCC(CO)C2)C1. The number of aliphatic hydroxyl groups is 1. The molecular weight excluding hydrogens is 228 g/mol. The monoisotopic (exact) mass is 242 g/mol. The molecule has 2 aliphatic heterocycles. The molecule has 0 aliphatic carbocycles. The van der Waals surface area contributed by atoms with Crippen LogP contribution in [-0.2, 0) is 14.4 Å². The van der Waals surface area contributed by atoms with Gasteiger partial charge in [0.25, 0.3) is 5.91 Å². The Kier molecular flexibility index (Phi) is 3.28. The van der Waals surface area contributed by atoms with Crippen LogP contribution >= 0.6 is 0 Å². The smallest absolute Gasteiger partial charge is 0.353 e. The summed E-state index contributed by atoms with van der Waals surface area (Å²) >= 11 is 0. The molecule has 0 aromatic rings. The Bertz CT molecular complexity index is 368. The number of hydrogen-bond donors (Lipinski definition) is 2. The van der Waals surface area contributed by atoms with E-state index in [0.717, 1.165) is 6.42 Å². The molecule has 1 amide bonds. The van der Waals surface area contributed by atoms with Crippen LogP contribution in [0.25, 0.3) is 0 Å². The van der Waals surface area contributed by atoms with Gasteiger partial charge in [-0.1, -0.05) is 5.16 Å². The molecule has 1 saturated heterocycles. The number of hydrogen-bond acceptors (Lipinski definition) is 5. The number of carbonyl (C=O) groups is 2. The summed E-state index contributed by atoms with van der Waals surface area (Å²) in [5.41, 5.74) is -0.124. The first-order valence-corrected chi connectivity index (χ1v) is 5.47. The molecule has 2 aliphatic rings. The fourth-order valence-corrected chi connectivity index (χ4v) is 2.02. The van der Waals surface area contributed by atoms with Crippen LogP contribution in [0.2, 0.25) is 0 Å². The summed E-state index contributed by atoms with van der Waals surface area (Å²) in [4.78, 5) is 29.0. The van der Waals surface area contributed by atoms with Crippen LogP contribution < -0.4 is 0 Å². The van der Waals surface area contributed by atoms with E-state index in [1.807, 2.05) is 0 Å². The minimum absolute atomic E-state index is 0.00839. The number of carbonyl (C=O) groups excluding carboxylic acids is 1. The molecular formula is C10H14N2O5. The van der Waals surface area contributed by atoms with Gasteiger partial charge in [-0.25, -0.2) is 4.79 Å². The predicted octanol–water partition coefficient (Wildman–Crippen LogP) is -0.943. The second-order valence-electron chi connectivity index (χ2n) is 4.26. The van der Waals surface area contributed by atoms with Crippen molar-refractivity contribution in [1.29, 1.82) is 0 Å². The summed E-state index contributed by atoms with van der Waals surface area (Å²) in [7, 11) is 0. The van der Waals surface area contributed by atoms with Gasteiger partial charge in [-0.05, 0) is 6.42 Å². The molecule has 94 valence electrons. The highest BCUT2D eigenvalue weighted by Crippen LogP contribution is 2.20. The lowest BCUT2D eigenvalue weighted by Crippen LogP contribution is -2.38. The first-order chi connectivity index (χ1) is 8.11. The highest BCUT2D eigenvalue weighted by atomic mass is 16.6. The highest BCUT2D eigenvalue weighted by molar-refractivity contribution is 6.36. The largest absolute Gasteiger partial charge is 0.477 e. The van der Waals surface area contributed by atoms with Crippen LogP contribution in [0.3, 0.4) is 0 Å². The van der Waals surface area contributed by atoms with Gasteiger partial charge in [-0.3, -0.25) is 4.79 Å². The Labute approximate surface area is 97.6 Å². The van der Waals surface area contributed by atoms with Gasteiger partial charge in [0.2, 0.25) is 6.10 Å². The number of nitrogens with zero attached hydrogens (tertiary/aromatic N) is 2. The first-order valence-electron chi connectivity index (χ1n) is 5.47. The maximum Gasteiger partial charge on any atom is 0.353 e. The average Bonchev–Trinajstić information content (AvgIpc) is 2.97. The van der Waals surface area contributed by atoms with Gasteiger partial charge in [-0.2, -0.15) is 0 Å². The molecule has 2 N–H and O–H groups in total. The molecule has 2 heterocycles. The van der Waals surface area contributed by atoms with Crippen molar-refractivity contribution in [2.45, 2.75) is 18.9 Å². The van der Waals surface area contributed by atoms with Gasteiger partial charge in [0.1, 0.15) is 0 Å². The van der Waals surface area contributed by atoms with E-state index in [-0.39, 0.29) is 30.6 Å². The lowest BCUT2D eigenvalue weighted by molar-refractivity contribution is -0.141. The Morgan fingerprint density at radius 3 is 2.82 bits per heavy atom. The van der Waals surface area contributed by atoms with Crippen molar-refractivity contribution in [2.24, 2.45) is 11.1 Å². The molecule has 0 aromatic heterocycles. The van der Waals surface area contributed by atoms with Crippen molar-refractivity contribution in [2.75, 3.05) is 19.7 Å². The third kappa shape index (κ3) is 2.38. The van der Waals surface area contributed by atoms with E-state index in [1.54, 1.807) is 4.90 Å². The third-order valence-electron chi connectivity index (χ3n) is 3.05. The van der Waals surface area contributed by atoms with E-state index >= 15 is 0 Å². The Morgan fingerprint density at radius 1 is 1.53 bits per heavy atom. The zero-order valence-electron chi connectivity index (χ0n) is 9.20. The summed E-state index contributed by atoms with van der Waals surface area (Å²) < 4.78 is 0. The molecule has 0 radical (unpaired) electrons. The minimum Gasteiger partial charge on any atom is -0.477 e. The van der Waals surface area contributed by atoms with Crippen molar-refractivity contribution >= 4 is 17.6 Å². The number of carboxylic acids is 1. The van der Waals surface area contributed by atoms with Crippen LogP contribution in [0.5, 0.6) is 0 Å². The number of aliphatic hydroxyl groups excluding tert-OH is 1. The summed E-state index contributed by atoms with van der Waals surface area (Å²) in [6, 6.07) is 0. The molecule has 0 bridgehead atoms. The Hall–Kier alpha value is -1.63. The molecule has 2 atom stereocenters. The zero-order valence-corrected chi connectivity index (χ0v) is 9.20. The molecule has 17 heavy (non-hydrogen) atoms. The van der Waals surface area contributed by atoms with E-state index in [0.29, 0.717) is 13.1 Å². The van der Waals surface area contributed by atoms with Crippen molar-refractivity contribution in [3.05, 3.63) is 0 Å². The fourth-order valence-electron chi connectivity index (χ4n) is 2.02. The van der Waals surface area contributed by atoms with Gasteiger partial charge >= 0.3 is 5.97 Å². The van der Waals surface area contributed by atoms with Crippen molar-refractivity contribution in [3.8, 4) is 0 Å². The molecule has 7 nitrogen and oxygen atoms in total. The van der Waals surface area contributed by atoms with E-state index < -0.39 is 12.1 Å². The van der Waals surface area contributed by atoms with E-state index in [2.05, 4.69) is 5.16 Å². The maximum absolute atomic E-state index is 11.9. The average molecular weight is 242 g/mol. The number of rotatable bonds is 3. The standard InChI is InChI=1S/C10H14N2O5/c13-5-6-1-2-12(4-6)9(14)8-3-7(10(15)16)11-17-8/h6,8,13H,1-5H2,(H,15,16). The van der Waals surface area contributed by atoms with Crippen LogP contribution in [0.15, 0.2) is 5.16 Å².